The normalized spacial score (nSPS) is 9.81. The zero-order valence-electron chi connectivity index (χ0n) is 9.20. The van der Waals surface area contributed by atoms with Gasteiger partial charge >= 0.3 is 0 Å². The second-order valence-corrected chi connectivity index (χ2v) is 3.55. The summed E-state index contributed by atoms with van der Waals surface area (Å²) in [7, 11) is 1.88. The Hall–Kier alpha value is -2.16. The van der Waals surface area contributed by atoms with Crippen LogP contribution in [-0.4, -0.2) is 7.05 Å². The Labute approximate surface area is 95.3 Å². The number of hydrogen-bond acceptors (Lipinski definition) is 3. The van der Waals surface area contributed by atoms with Gasteiger partial charge in [0.1, 0.15) is 0 Å². The third-order valence-electron chi connectivity index (χ3n) is 2.37. The average Bonchev–Trinajstić information content (AvgIpc) is 2.33. The Bertz CT molecular complexity index is 466. The summed E-state index contributed by atoms with van der Waals surface area (Å²) in [5.41, 5.74) is 9.55. The molecule has 0 saturated carbocycles. The van der Waals surface area contributed by atoms with Crippen LogP contribution in [0.5, 0.6) is 0 Å². The van der Waals surface area contributed by atoms with Crippen LogP contribution in [0.3, 0.4) is 0 Å². The van der Waals surface area contributed by atoms with Gasteiger partial charge in [-0.25, -0.2) is 0 Å². The van der Waals surface area contributed by atoms with Crippen molar-refractivity contribution in [2.45, 2.75) is 0 Å². The molecule has 2 aromatic rings. The molecule has 0 spiro atoms. The third-order valence-corrected chi connectivity index (χ3v) is 2.37. The lowest BCUT2D eigenvalue weighted by Crippen LogP contribution is -1.98. The highest BCUT2D eigenvalue weighted by molar-refractivity contribution is 5.77. The standard InChI is InChI=1S/C13H15N3/c1-15-13-9-10(14)7-8-12(13)16-11-5-3-2-4-6-11/h2-9,15-16H,14H2,1H3. The van der Waals surface area contributed by atoms with Crippen molar-refractivity contribution in [1.82, 2.24) is 0 Å². The van der Waals surface area contributed by atoms with Crippen LogP contribution in [0.2, 0.25) is 0 Å². The zero-order chi connectivity index (χ0) is 11.4. The minimum Gasteiger partial charge on any atom is -0.399 e. The van der Waals surface area contributed by atoms with Crippen LogP contribution < -0.4 is 16.4 Å². The fourth-order valence-electron chi connectivity index (χ4n) is 1.55. The summed E-state index contributed by atoms with van der Waals surface area (Å²) >= 11 is 0. The van der Waals surface area contributed by atoms with Crippen LogP contribution in [-0.2, 0) is 0 Å². The van der Waals surface area contributed by atoms with Crippen molar-refractivity contribution < 1.29 is 0 Å². The molecule has 0 aliphatic carbocycles. The average molecular weight is 213 g/mol. The number of nitrogen functional groups attached to an aromatic ring is 1. The lowest BCUT2D eigenvalue weighted by molar-refractivity contribution is 1.47. The molecule has 0 saturated heterocycles. The van der Waals surface area contributed by atoms with Gasteiger partial charge in [0.25, 0.3) is 0 Å². The summed E-state index contributed by atoms with van der Waals surface area (Å²) in [5, 5.41) is 6.45. The molecule has 0 unspecified atom stereocenters. The minimum atomic E-state index is 0.753. The highest BCUT2D eigenvalue weighted by atomic mass is 14.9. The quantitative estimate of drug-likeness (QED) is 0.687. The second-order valence-electron chi connectivity index (χ2n) is 3.55. The molecule has 4 N–H and O–H groups in total. The Balaban J connectivity index is 2.28. The molecule has 2 rings (SSSR count). The largest absolute Gasteiger partial charge is 0.399 e. The molecule has 3 nitrogen and oxygen atoms in total. The van der Waals surface area contributed by atoms with Crippen LogP contribution in [0.15, 0.2) is 48.5 Å². The van der Waals surface area contributed by atoms with Gasteiger partial charge in [0.05, 0.1) is 11.4 Å². The molecule has 0 fully saturated rings. The zero-order valence-corrected chi connectivity index (χ0v) is 9.20. The molecule has 0 amide bonds. The number of nitrogens with one attached hydrogen (secondary N) is 2. The van der Waals surface area contributed by atoms with E-state index in [4.69, 9.17) is 5.73 Å². The van der Waals surface area contributed by atoms with Crippen molar-refractivity contribution in [3.63, 3.8) is 0 Å². The predicted molar refractivity (Wildman–Crippen MR) is 70.1 cm³/mol. The van der Waals surface area contributed by atoms with E-state index in [-0.39, 0.29) is 0 Å². The molecule has 0 aliphatic heterocycles. The topological polar surface area (TPSA) is 50.1 Å². The molecule has 0 aromatic heterocycles. The first-order chi connectivity index (χ1) is 7.79. The fraction of sp³-hybridized carbons (Fsp3) is 0.0769. The number of benzene rings is 2. The SMILES string of the molecule is CNc1cc(N)ccc1Nc1ccccc1. The number of anilines is 4. The molecule has 82 valence electrons. The molecule has 0 radical (unpaired) electrons. The van der Waals surface area contributed by atoms with E-state index in [2.05, 4.69) is 10.6 Å². The van der Waals surface area contributed by atoms with E-state index in [9.17, 15) is 0 Å². The molecular formula is C13H15N3. The molecular weight excluding hydrogens is 198 g/mol. The van der Waals surface area contributed by atoms with Crippen LogP contribution in [0.25, 0.3) is 0 Å². The molecule has 0 aliphatic rings. The molecule has 16 heavy (non-hydrogen) atoms. The highest BCUT2D eigenvalue weighted by Crippen LogP contribution is 2.26. The fourth-order valence-corrected chi connectivity index (χ4v) is 1.55. The van der Waals surface area contributed by atoms with Crippen molar-refractivity contribution >= 4 is 22.7 Å². The molecule has 2 aromatic carbocycles. The van der Waals surface area contributed by atoms with Crippen molar-refractivity contribution in [3.8, 4) is 0 Å². The van der Waals surface area contributed by atoms with Gasteiger partial charge in [0.15, 0.2) is 0 Å². The first-order valence-electron chi connectivity index (χ1n) is 5.19. The summed E-state index contributed by atoms with van der Waals surface area (Å²) < 4.78 is 0. The first kappa shape index (κ1) is 10.4. The van der Waals surface area contributed by atoms with Crippen LogP contribution in [0.1, 0.15) is 0 Å². The van der Waals surface area contributed by atoms with Gasteiger partial charge in [0.2, 0.25) is 0 Å². The van der Waals surface area contributed by atoms with Gasteiger partial charge in [-0.15, -0.1) is 0 Å². The third kappa shape index (κ3) is 2.25. The van der Waals surface area contributed by atoms with Crippen LogP contribution in [0, 0.1) is 0 Å². The Kier molecular flexibility index (Phi) is 2.96. The Morgan fingerprint density at radius 2 is 1.69 bits per heavy atom. The van der Waals surface area contributed by atoms with Gasteiger partial charge in [-0.05, 0) is 30.3 Å². The Morgan fingerprint density at radius 3 is 2.38 bits per heavy atom. The molecule has 0 atom stereocenters. The molecule has 0 bridgehead atoms. The summed E-state index contributed by atoms with van der Waals surface area (Å²) in [6.45, 7) is 0. The van der Waals surface area contributed by atoms with Gasteiger partial charge < -0.3 is 16.4 Å². The maximum absolute atomic E-state index is 5.73. The molecule has 3 heteroatoms. The Morgan fingerprint density at radius 1 is 0.938 bits per heavy atom. The lowest BCUT2D eigenvalue weighted by Gasteiger charge is -2.12. The maximum atomic E-state index is 5.73. The monoisotopic (exact) mass is 213 g/mol. The number of nitrogens with two attached hydrogens (primary N) is 1. The number of rotatable bonds is 3. The first-order valence-corrected chi connectivity index (χ1v) is 5.19. The van der Waals surface area contributed by atoms with Gasteiger partial charge in [-0.3, -0.25) is 0 Å². The van der Waals surface area contributed by atoms with Crippen LogP contribution >= 0.6 is 0 Å². The second kappa shape index (κ2) is 4.57. The van der Waals surface area contributed by atoms with Crippen molar-refractivity contribution in [2.75, 3.05) is 23.4 Å². The van der Waals surface area contributed by atoms with E-state index >= 15 is 0 Å². The highest BCUT2D eigenvalue weighted by Gasteiger charge is 2.01. The lowest BCUT2D eigenvalue weighted by atomic mass is 10.2. The predicted octanol–water partition coefficient (Wildman–Crippen LogP) is 3.05. The summed E-state index contributed by atoms with van der Waals surface area (Å²) in [6.07, 6.45) is 0. The van der Waals surface area contributed by atoms with Crippen molar-refractivity contribution in [1.29, 1.82) is 0 Å². The van der Waals surface area contributed by atoms with E-state index in [0.717, 1.165) is 22.7 Å². The summed E-state index contributed by atoms with van der Waals surface area (Å²) in [6, 6.07) is 15.8. The van der Waals surface area contributed by atoms with E-state index in [1.165, 1.54) is 0 Å². The van der Waals surface area contributed by atoms with Gasteiger partial charge in [-0.1, -0.05) is 18.2 Å². The maximum Gasteiger partial charge on any atom is 0.0621 e. The van der Waals surface area contributed by atoms with E-state index in [1.54, 1.807) is 0 Å². The van der Waals surface area contributed by atoms with E-state index in [0.29, 0.717) is 0 Å². The van der Waals surface area contributed by atoms with Gasteiger partial charge in [-0.2, -0.15) is 0 Å². The van der Waals surface area contributed by atoms with Crippen LogP contribution in [0.4, 0.5) is 22.7 Å². The van der Waals surface area contributed by atoms with Gasteiger partial charge in [0, 0.05) is 18.4 Å². The number of hydrogen-bond donors (Lipinski definition) is 3. The molecule has 0 heterocycles. The smallest absolute Gasteiger partial charge is 0.0621 e. The number of para-hydroxylation sites is 1. The van der Waals surface area contributed by atoms with Crippen molar-refractivity contribution in [3.05, 3.63) is 48.5 Å². The van der Waals surface area contributed by atoms with E-state index in [1.807, 2.05) is 55.6 Å². The summed E-state index contributed by atoms with van der Waals surface area (Å²) in [5.74, 6) is 0. The summed E-state index contributed by atoms with van der Waals surface area (Å²) in [4.78, 5) is 0. The van der Waals surface area contributed by atoms with E-state index < -0.39 is 0 Å². The minimum absolute atomic E-state index is 0.753. The van der Waals surface area contributed by atoms with Crippen molar-refractivity contribution in [2.24, 2.45) is 0 Å².